The van der Waals surface area contributed by atoms with E-state index >= 15 is 0 Å². The molecule has 1 amide bonds. The number of nitrogen functional groups attached to an aromatic ring is 1. The number of carbonyl (C=O) groups is 1. The lowest BCUT2D eigenvalue weighted by Crippen LogP contribution is -2.44. The largest absolute Gasteiger partial charge is 0.394 e. The number of nitrogens with one attached hydrogen (secondary N) is 1. The van der Waals surface area contributed by atoms with Gasteiger partial charge in [-0.2, -0.15) is 0 Å². The quantitative estimate of drug-likeness (QED) is 0.337. The van der Waals surface area contributed by atoms with E-state index in [2.05, 4.69) is 15.3 Å². The Hall–Kier alpha value is -2.83. The molecule has 11 heteroatoms. The third-order valence-electron chi connectivity index (χ3n) is 5.73. The second kappa shape index (κ2) is 8.84. The van der Waals surface area contributed by atoms with Gasteiger partial charge in [0.05, 0.1) is 17.6 Å². The fourth-order valence-corrected chi connectivity index (χ4v) is 4.82. The number of fused-ring (bicyclic) bond motifs is 1. The first-order valence-electron chi connectivity index (χ1n) is 10.4. The number of aliphatic hydroxyl groups excluding tert-OH is 2. The summed E-state index contributed by atoms with van der Waals surface area (Å²) in [6.45, 7) is 5.35. The highest BCUT2D eigenvalue weighted by atomic mass is 32.1. The molecule has 0 aromatic carbocycles. The Bertz CT molecular complexity index is 1210. The average Bonchev–Trinajstić information content (AvgIpc) is 3.44. The van der Waals surface area contributed by atoms with Gasteiger partial charge in [0, 0.05) is 28.6 Å². The lowest BCUT2D eigenvalue weighted by Gasteiger charge is -2.27. The van der Waals surface area contributed by atoms with E-state index in [1.165, 1.54) is 24.6 Å². The third-order valence-corrected chi connectivity index (χ3v) is 6.69. The molecule has 4 atom stereocenters. The number of thiophene rings is 1. The number of nitrogens with zero attached hydrogens (tertiary/aromatic N) is 3. The number of rotatable bonds is 6. The summed E-state index contributed by atoms with van der Waals surface area (Å²) in [5.74, 6) is 0.0348. The lowest BCUT2D eigenvalue weighted by atomic mass is 9.96. The second-order valence-corrected chi connectivity index (χ2v) is 9.39. The van der Waals surface area contributed by atoms with Gasteiger partial charge in [-0.1, -0.05) is 11.6 Å². The molecule has 6 N–H and O–H groups in total. The summed E-state index contributed by atoms with van der Waals surface area (Å²) in [5.41, 5.74) is 7.17. The van der Waals surface area contributed by atoms with Gasteiger partial charge in [0.15, 0.2) is 6.23 Å². The van der Waals surface area contributed by atoms with Gasteiger partial charge >= 0.3 is 0 Å². The van der Waals surface area contributed by atoms with Gasteiger partial charge in [-0.15, -0.1) is 11.3 Å². The van der Waals surface area contributed by atoms with Gasteiger partial charge in [0.25, 0.3) is 5.91 Å². The molecule has 10 nitrogen and oxygen atoms in total. The van der Waals surface area contributed by atoms with E-state index in [0.717, 1.165) is 10.5 Å². The maximum Gasteiger partial charge on any atom is 0.252 e. The maximum atomic E-state index is 12.5. The molecule has 3 aromatic rings. The predicted octanol–water partition coefficient (Wildman–Crippen LogP) is 1.44. The number of ether oxygens (including phenoxy) is 1. The van der Waals surface area contributed by atoms with Crippen molar-refractivity contribution in [1.82, 2.24) is 19.9 Å². The summed E-state index contributed by atoms with van der Waals surface area (Å²) < 4.78 is 7.35. The van der Waals surface area contributed by atoms with Crippen molar-refractivity contribution in [1.29, 1.82) is 0 Å². The highest BCUT2D eigenvalue weighted by Crippen LogP contribution is 2.43. The predicted molar refractivity (Wildman–Crippen MR) is 125 cm³/mol. The van der Waals surface area contributed by atoms with Crippen molar-refractivity contribution in [3.05, 3.63) is 41.2 Å². The molecule has 1 saturated heterocycles. The van der Waals surface area contributed by atoms with Crippen LogP contribution >= 0.6 is 11.3 Å². The molecule has 0 bridgehead atoms. The molecular formula is C22H27N5O5S. The maximum absolute atomic E-state index is 12.5. The highest BCUT2D eigenvalue weighted by molar-refractivity contribution is 7.14. The third kappa shape index (κ3) is 4.13. The zero-order valence-electron chi connectivity index (χ0n) is 18.5. The van der Waals surface area contributed by atoms with E-state index < -0.39 is 30.6 Å². The van der Waals surface area contributed by atoms with E-state index in [-0.39, 0.29) is 11.7 Å². The molecule has 2 unspecified atom stereocenters. The monoisotopic (exact) mass is 473 g/mol. The molecule has 3 aromatic heterocycles. The van der Waals surface area contributed by atoms with E-state index in [0.29, 0.717) is 28.7 Å². The molecule has 0 aliphatic carbocycles. The molecule has 0 radical (unpaired) electrons. The van der Waals surface area contributed by atoms with Crippen LogP contribution in [0.5, 0.6) is 0 Å². The number of allylic oxidation sites excluding steroid dienone is 1. The number of hydrogen-bond acceptors (Lipinski definition) is 9. The Labute approximate surface area is 194 Å². The number of anilines is 1. The van der Waals surface area contributed by atoms with Crippen molar-refractivity contribution in [2.24, 2.45) is 0 Å². The standard InChI is InChI=1S/C22H27N5O5S/c1-11(2)4-5-24-20(30)12-6-15(33-9-12)13-7-27(19-16(13)18(23)25-10-26-19)21-22(3,31)17(29)14(8-28)32-21/h4,6-7,9-10,14,17,21,28-29,31H,5,8H2,1-3H3,(H,24,30)(H2,23,25,26)/t14?,17?,21-,22-/m1/s1. The first-order valence-corrected chi connectivity index (χ1v) is 11.3. The number of amides is 1. The van der Waals surface area contributed by atoms with Gasteiger partial charge in [-0.05, 0) is 26.8 Å². The fourth-order valence-electron chi connectivity index (χ4n) is 3.91. The molecule has 4 heterocycles. The van der Waals surface area contributed by atoms with Gasteiger partial charge in [0.1, 0.15) is 35.6 Å². The van der Waals surface area contributed by atoms with Gasteiger partial charge in [-0.3, -0.25) is 4.79 Å². The topological polar surface area (TPSA) is 156 Å². The Kier molecular flexibility index (Phi) is 6.25. The normalized spacial score (nSPS) is 24.8. The summed E-state index contributed by atoms with van der Waals surface area (Å²) in [5, 5.41) is 36.0. The summed E-state index contributed by atoms with van der Waals surface area (Å²) in [6, 6.07) is 1.76. The van der Waals surface area contributed by atoms with Crippen LogP contribution in [0, 0.1) is 0 Å². The summed E-state index contributed by atoms with van der Waals surface area (Å²) in [6.07, 6.45) is 1.66. The smallest absolute Gasteiger partial charge is 0.252 e. The zero-order valence-corrected chi connectivity index (χ0v) is 19.3. The van der Waals surface area contributed by atoms with Crippen molar-refractivity contribution >= 4 is 34.1 Å². The van der Waals surface area contributed by atoms with Crippen LogP contribution in [-0.4, -0.2) is 66.7 Å². The number of carbonyl (C=O) groups excluding carboxylic acids is 1. The Balaban J connectivity index is 1.75. The minimum Gasteiger partial charge on any atom is -0.394 e. The van der Waals surface area contributed by atoms with E-state index in [1.54, 1.807) is 22.2 Å². The molecular weight excluding hydrogens is 446 g/mol. The number of hydrogen-bond donors (Lipinski definition) is 5. The van der Waals surface area contributed by atoms with E-state index in [4.69, 9.17) is 10.5 Å². The fraction of sp³-hybridized carbons (Fsp3) is 0.409. The summed E-state index contributed by atoms with van der Waals surface area (Å²) >= 11 is 1.36. The molecule has 1 fully saturated rings. The highest BCUT2D eigenvalue weighted by Gasteiger charge is 2.53. The number of aromatic nitrogens is 3. The summed E-state index contributed by atoms with van der Waals surface area (Å²) in [4.78, 5) is 21.7. The Morgan fingerprint density at radius 3 is 2.85 bits per heavy atom. The summed E-state index contributed by atoms with van der Waals surface area (Å²) in [7, 11) is 0. The lowest BCUT2D eigenvalue weighted by molar-refractivity contribution is -0.0948. The Morgan fingerprint density at radius 2 is 2.18 bits per heavy atom. The number of nitrogens with two attached hydrogens (primary N) is 1. The zero-order chi connectivity index (χ0) is 23.9. The van der Waals surface area contributed by atoms with E-state index in [1.807, 2.05) is 19.9 Å². The Morgan fingerprint density at radius 1 is 1.42 bits per heavy atom. The van der Waals surface area contributed by atoms with Crippen LogP contribution in [0.15, 0.2) is 35.6 Å². The minimum absolute atomic E-state index is 0.195. The van der Waals surface area contributed by atoms with Crippen molar-refractivity contribution in [2.45, 2.75) is 44.8 Å². The van der Waals surface area contributed by atoms with E-state index in [9.17, 15) is 20.1 Å². The molecule has 176 valence electrons. The molecule has 4 rings (SSSR count). The molecule has 0 saturated carbocycles. The second-order valence-electron chi connectivity index (χ2n) is 8.48. The first kappa shape index (κ1) is 23.3. The van der Waals surface area contributed by atoms with Gasteiger partial charge in [0.2, 0.25) is 0 Å². The van der Waals surface area contributed by atoms with Crippen LogP contribution in [0.25, 0.3) is 21.5 Å². The molecule has 33 heavy (non-hydrogen) atoms. The average molecular weight is 474 g/mol. The molecule has 1 aliphatic heterocycles. The van der Waals surface area contributed by atoms with Gasteiger partial charge in [-0.25, -0.2) is 9.97 Å². The van der Waals surface area contributed by atoms with Crippen molar-refractivity contribution in [2.75, 3.05) is 18.9 Å². The van der Waals surface area contributed by atoms with Crippen LogP contribution in [0.3, 0.4) is 0 Å². The first-order chi connectivity index (χ1) is 15.6. The minimum atomic E-state index is -1.69. The van der Waals surface area contributed by atoms with Crippen LogP contribution in [0.4, 0.5) is 5.82 Å². The van der Waals surface area contributed by atoms with Crippen molar-refractivity contribution in [3.8, 4) is 10.4 Å². The van der Waals surface area contributed by atoms with Crippen LogP contribution < -0.4 is 11.1 Å². The van der Waals surface area contributed by atoms with Crippen LogP contribution in [0.1, 0.15) is 37.4 Å². The molecule has 1 aliphatic rings. The van der Waals surface area contributed by atoms with Crippen LogP contribution in [0.2, 0.25) is 0 Å². The van der Waals surface area contributed by atoms with Crippen LogP contribution in [-0.2, 0) is 4.74 Å². The van der Waals surface area contributed by atoms with Crippen molar-refractivity contribution in [3.63, 3.8) is 0 Å². The van der Waals surface area contributed by atoms with Crippen molar-refractivity contribution < 1.29 is 24.9 Å². The van der Waals surface area contributed by atoms with Gasteiger partial charge < -0.3 is 35.7 Å². The number of aliphatic hydroxyl groups is 3. The SMILES string of the molecule is CC(C)=CCNC(=O)c1csc(-c2cn([C@@H]3OC(CO)C(O)[C@@]3(C)O)c3ncnc(N)c23)c1. The molecule has 0 spiro atoms.